The Morgan fingerprint density at radius 1 is 1.50 bits per heavy atom. The first-order valence-corrected chi connectivity index (χ1v) is 8.92. The van der Waals surface area contributed by atoms with Gasteiger partial charge in [0.15, 0.2) is 9.84 Å². The first-order valence-electron chi connectivity index (χ1n) is 6.30. The van der Waals surface area contributed by atoms with Gasteiger partial charge in [-0.3, -0.25) is 4.79 Å². The Morgan fingerprint density at radius 2 is 2.20 bits per heavy atom. The fraction of sp³-hybridized carbons (Fsp3) is 0.462. The first-order chi connectivity index (χ1) is 9.34. The molecule has 1 heterocycles. The molecular formula is C13H15BrFNO3S. The van der Waals surface area contributed by atoms with Crippen molar-refractivity contribution in [3.8, 4) is 0 Å². The highest BCUT2D eigenvalue weighted by atomic mass is 79.9. The molecule has 1 aliphatic heterocycles. The Bertz CT molecular complexity index is 633. The van der Waals surface area contributed by atoms with Crippen molar-refractivity contribution in [2.24, 2.45) is 0 Å². The molecule has 0 N–H and O–H groups in total. The normalized spacial score (nSPS) is 20.9. The van der Waals surface area contributed by atoms with Gasteiger partial charge in [-0.25, -0.2) is 12.8 Å². The van der Waals surface area contributed by atoms with E-state index in [1.165, 1.54) is 23.1 Å². The summed E-state index contributed by atoms with van der Waals surface area (Å²) < 4.78 is 37.4. The van der Waals surface area contributed by atoms with Crippen molar-refractivity contribution in [1.82, 2.24) is 4.90 Å². The Balaban J connectivity index is 2.28. The van der Waals surface area contributed by atoms with Gasteiger partial charge >= 0.3 is 0 Å². The maximum atomic E-state index is 13.8. The Labute approximate surface area is 126 Å². The maximum Gasteiger partial charge on any atom is 0.257 e. The number of benzene rings is 1. The minimum absolute atomic E-state index is 0.0366. The van der Waals surface area contributed by atoms with E-state index in [4.69, 9.17) is 0 Å². The lowest BCUT2D eigenvalue weighted by molar-refractivity contribution is 0.0703. The van der Waals surface area contributed by atoms with Crippen LogP contribution in [0.5, 0.6) is 0 Å². The van der Waals surface area contributed by atoms with Gasteiger partial charge in [0.25, 0.3) is 5.91 Å². The third kappa shape index (κ3) is 3.20. The topological polar surface area (TPSA) is 54.5 Å². The molecule has 0 aromatic heterocycles. The fourth-order valence-electron chi connectivity index (χ4n) is 2.40. The second-order valence-electron chi connectivity index (χ2n) is 4.77. The van der Waals surface area contributed by atoms with E-state index in [0.717, 1.165) is 0 Å². The van der Waals surface area contributed by atoms with Gasteiger partial charge < -0.3 is 4.90 Å². The lowest BCUT2D eigenvalue weighted by Crippen LogP contribution is -2.41. The van der Waals surface area contributed by atoms with Crippen molar-refractivity contribution in [2.75, 3.05) is 18.1 Å². The standard InChI is InChI=1S/C13H15BrFNO3S/c1-2-16(10-5-6-20(18,19)8-10)13(17)11-7-9(14)3-4-12(11)15/h3-4,7,10H,2,5-6,8H2,1H3. The van der Waals surface area contributed by atoms with Gasteiger partial charge in [0, 0.05) is 17.1 Å². The summed E-state index contributed by atoms with van der Waals surface area (Å²) in [5.74, 6) is -1.02. The van der Waals surface area contributed by atoms with Crippen LogP contribution >= 0.6 is 15.9 Å². The average molecular weight is 364 g/mol. The van der Waals surface area contributed by atoms with E-state index in [1.807, 2.05) is 0 Å². The summed E-state index contributed by atoms with van der Waals surface area (Å²) in [5.41, 5.74) is -0.0366. The first kappa shape index (κ1) is 15.4. The lowest BCUT2D eigenvalue weighted by Gasteiger charge is -2.27. The van der Waals surface area contributed by atoms with Crippen LogP contribution in [-0.4, -0.2) is 43.3 Å². The summed E-state index contributed by atoms with van der Waals surface area (Å²) in [6.07, 6.45) is 0.414. The van der Waals surface area contributed by atoms with Crippen LogP contribution in [0.1, 0.15) is 23.7 Å². The SMILES string of the molecule is CCN(C(=O)c1cc(Br)ccc1F)C1CCS(=O)(=O)C1. The predicted molar refractivity (Wildman–Crippen MR) is 77.9 cm³/mol. The number of amides is 1. The van der Waals surface area contributed by atoms with Crippen molar-refractivity contribution in [1.29, 1.82) is 0 Å². The minimum atomic E-state index is -3.08. The highest BCUT2D eigenvalue weighted by molar-refractivity contribution is 9.10. The molecule has 0 spiro atoms. The molecule has 0 saturated carbocycles. The van der Waals surface area contributed by atoms with Crippen LogP contribution in [0.2, 0.25) is 0 Å². The third-order valence-electron chi connectivity index (χ3n) is 3.41. The molecule has 2 rings (SSSR count). The van der Waals surface area contributed by atoms with Gasteiger partial charge in [0.05, 0.1) is 17.1 Å². The minimum Gasteiger partial charge on any atom is -0.335 e. The number of nitrogens with zero attached hydrogens (tertiary/aromatic N) is 1. The summed E-state index contributed by atoms with van der Waals surface area (Å²) in [4.78, 5) is 13.9. The maximum absolute atomic E-state index is 13.8. The average Bonchev–Trinajstić information content (AvgIpc) is 2.73. The smallest absolute Gasteiger partial charge is 0.257 e. The van der Waals surface area contributed by atoms with Crippen molar-refractivity contribution in [3.05, 3.63) is 34.1 Å². The summed E-state index contributed by atoms with van der Waals surface area (Å²) in [6, 6.07) is 3.79. The largest absolute Gasteiger partial charge is 0.335 e. The predicted octanol–water partition coefficient (Wildman–Crippen LogP) is 2.24. The molecule has 4 nitrogen and oxygen atoms in total. The Kier molecular flexibility index (Phi) is 4.49. The molecule has 1 aromatic rings. The van der Waals surface area contributed by atoms with Crippen molar-refractivity contribution < 1.29 is 17.6 Å². The van der Waals surface area contributed by atoms with Crippen molar-refractivity contribution in [3.63, 3.8) is 0 Å². The number of carbonyl (C=O) groups is 1. The van der Waals surface area contributed by atoms with E-state index < -0.39 is 21.6 Å². The van der Waals surface area contributed by atoms with Gasteiger partial charge in [-0.15, -0.1) is 0 Å². The zero-order valence-corrected chi connectivity index (χ0v) is 13.4. The van der Waals surface area contributed by atoms with Crippen LogP contribution in [-0.2, 0) is 9.84 Å². The van der Waals surface area contributed by atoms with E-state index in [9.17, 15) is 17.6 Å². The number of rotatable bonds is 3. The van der Waals surface area contributed by atoms with E-state index in [-0.39, 0.29) is 23.1 Å². The van der Waals surface area contributed by atoms with Gasteiger partial charge in [-0.1, -0.05) is 15.9 Å². The second-order valence-corrected chi connectivity index (χ2v) is 7.92. The summed E-state index contributed by atoms with van der Waals surface area (Å²) >= 11 is 3.20. The molecule has 0 aliphatic carbocycles. The summed E-state index contributed by atoms with van der Waals surface area (Å²) in [6.45, 7) is 2.11. The number of halogens is 2. The number of sulfone groups is 1. The molecule has 1 amide bonds. The molecule has 1 aromatic carbocycles. The van der Waals surface area contributed by atoms with Crippen LogP contribution in [0, 0.1) is 5.82 Å². The molecule has 0 radical (unpaired) electrons. The highest BCUT2D eigenvalue weighted by Gasteiger charge is 2.34. The third-order valence-corrected chi connectivity index (χ3v) is 5.65. The van der Waals surface area contributed by atoms with Crippen molar-refractivity contribution in [2.45, 2.75) is 19.4 Å². The summed E-state index contributed by atoms with van der Waals surface area (Å²) in [7, 11) is -3.08. The quantitative estimate of drug-likeness (QED) is 0.827. The van der Waals surface area contributed by atoms with E-state index in [2.05, 4.69) is 15.9 Å². The van der Waals surface area contributed by atoms with E-state index in [1.54, 1.807) is 6.92 Å². The van der Waals surface area contributed by atoms with E-state index in [0.29, 0.717) is 17.4 Å². The molecule has 1 atom stereocenters. The van der Waals surface area contributed by atoms with Gasteiger partial charge in [-0.05, 0) is 31.5 Å². The van der Waals surface area contributed by atoms with Crippen LogP contribution in [0.4, 0.5) is 4.39 Å². The molecule has 0 bridgehead atoms. The number of hydrogen-bond acceptors (Lipinski definition) is 3. The van der Waals surface area contributed by atoms with Crippen LogP contribution in [0.25, 0.3) is 0 Å². The van der Waals surface area contributed by atoms with Gasteiger partial charge in [-0.2, -0.15) is 0 Å². The van der Waals surface area contributed by atoms with Gasteiger partial charge in [0.2, 0.25) is 0 Å². The van der Waals surface area contributed by atoms with Crippen molar-refractivity contribution >= 4 is 31.7 Å². The van der Waals surface area contributed by atoms with Crippen LogP contribution in [0.3, 0.4) is 0 Å². The second kappa shape index (κ2) is 5.81. The van der Waals surface area contributed by atoms with Crippen LogP contribution < -0.4 is 0 Å². The molecule has 110 valence electrons. The molecular weight excluding hydrogens is 349 g/mol. The highest BCUT2D eigenvalue weighted by Crippen LogP contribution is 2.22. The molecule has 1 saturated heterocycles. The molecule has 1 aliphatic rings. The fourth-order valence-corrected chi connectivity index (χ4v) is 4.50. The Morgan fingerprint density at radius 3 is 2.75 bits per heavy atom. The molecule has 1 fully saturated rings. The molecule has 20 heavy (non-hydrogen) atoms. The monoisotopic (exact) mass is 363 g/mol. The van der Waals surface area contributed by atoms with E-state index >= 15 is 0 Å². The lowest BCUT2D eigenvalue weighted by atomic mass is 10.1. The van der Waals surface area contributed by atoms with Gasteiger partial charge in [0.1, 0.15) is 5.82 Å². The number of carbonyl (C=O) groups excluding carboxylic acids is 1. The molecule has 7 heteroatoms. The van der Waals surface area contributed by atoms with Crippen LogP contribution in [0.15, 0.2) is 22.7 Å². The number of hydrogen-bond donors (Lipinski definition) is 0. The zero-order valence-electron chi connectivity index (χ0n) is 11.0. The molecule has 1 unspecified atom stereocenters. The zero-order chi connectivity index (χ0) is 14.9. The Hall–Kier alpha value is -0.950. The summed E-state index contributed by atoms with van der Waals surface area (Å²) in [5, 5.41) is 0.